The van der Waals surface area contributed by atoms with E-state index in [2.05, 4.69) is 27.6 Å². The van der Waals surface area contributed by atoms with Crippen LogP contribution < -0.4 is 5.73 Å². The average Bonchev–Trinajstić information content (AvgIpc) is 2.93. The van der Waals surface area contributed by atoms with Crippen LogP contribution in [-0.2, 0) is 13.0 Å². The van der Waals surface area contributed by atoms with Gasteiger partial charge in [-0.3, -0.25) is 0 Å². The van der Waals surface area contributed by atoms with Crippen molar-refractivity contribution in [2.45, 2.75) is 38.3 Å². The number of hydrogen-bond donors (Lipinski definition) is 1. The van der Waals surface area contributed by atoms with Crippen molar-refractivity contribution < 1.29 is 0 Å². The van der Waals surface area contributed by atoms with Crippen LogP contribution in [0.3, 0.4) is 0 Å². The van der Waals surface area contributed by atoms with E-state index in [1.165, 1.54) is 5.56 Å². The van der Waals surface area contributed by atoms with E-state index in [0.29, 0.717) is 0 Å². The Balaban J connectivity index is 1.95. The zero-order valence-corrected chi connectivity index (χ0v) is 11.7. The predicted octanol–water partition coefficient (Wildman–Crippen LogP) is 2.93. The molecule has 3 heteroatoms. The van der Waals surface area contributed by atoms with Gasteiger partial charge in [-0.25, -0.2) is 4.98 Å². The summed E-state index contributed by atoms with van der Waals surface area (Å²) >= 11 is 0. The Bertz CT molecular complexity index is 551. The smallest absolute Gasteiger partial charge is 0.0948 e. The Morgan fingerprint density at radius 1 is 1.25 bits per heavy atom. The molecule has 0 unspecified atom stereocenters. The van der Waals surface area contributed by atoms with Gasteiger partial charge in [-0.05, 0) is 24.8 Å². The summed E-state index contributed by atoms with van der Waals surface area (Å²) in [5.41, 5.74) is 8.65. The van der Waals surface area contributed by atoms with Crippen LogP contribution in [0, 0.1) is 12.3 Å². The summed E-state index contributed by atoms with van der Waals surface area (Å²) in [6.07, 6.45) is 12.8. The molecule has 0 aliphatic carbocycles. The quantitative estimate of drug-likeness (QED) is 0.619. The van der Waals surface area contributed by atoms with Crippen LogP contribution in [0.15, 0.2) is 42.9 Å². The number of rotatable bonds is 7. The first-order chi connectivity index (χ1) is 9.81. The van der Waals surface area contributed by atoms with E-state index in [1.54, 1.807) is 0 Å². The second-order valence-corrected chi connectivity index (χ2v) is 4.97. The first-order valence-electron chi connectivity index (χ1n) is 7.04. The maximum Gasteiger partial charge on any atom is 0.0948 e. The van der Waals surface area contributed by atoms with Crippen molar-refractivity contribution in [2.75, 3.05) is 0 Å². The fourth-order valence-electron chi connectivity index (χ4n) is 2.31. The zero-order chi connectivity index (χ0) is 14.2. The minimum Gasteiger partial charge on any atom is -0.333 e. The molecule has 0 aliphatic heterocycles. The minimum absolute atomic E-state index is 0.0208. The van der Waals surface area contributed by atoms with Crippen molar-refractivity contribution in [1.82, 2.24) is 9.55 Å². The van der Waals surface area contributed by atoms with Crippen molar-refractivity contribution >= 4 is 0 Å². The molecule has 1 aromatic carbocycles. The van der Waals surface area contributed by atoms with Gasteiger partial charge in [0.25, 0.3) is 0 Å². The van der Waals surface area contributed by atoms with E-state index in [4.69, 9.17) is 12.2 Å². The SMILES string of the molecule is C#CCCCCn1cncc1[C@H](N)Cc1ccccc1. The molecule has 0 amide bonds. The van der Waals surface area contributed by atoms with Gasteiger partial charge >= 0.3 is 0 Å². The highest BCUT2D eigenvalue weighted by Gasteiger charge is 2.12. The highest BCUT2D eigenvalue weighted by atomic mass is 15.1. The third kappa shape index (κ3) is 3.97. The van der Waals surface area contributed by atoms with E-state index in [9.17, 15) is 0 Å². The Hall–Kier alpha value is -2.05. The second-order valence-electron chi connectivity index (χ2n) is 4.97. The van der Waals surface area contributed by atoms with Crippen LogP contribution >= 0.6 is 0 Å². The Kier molecular flexibility index (Phi) is 5.40. The average molecular weight is 267 g/mol. The lowest BCUT2D eigenvalue weighted by Gasteiger charge is -2.14. The number of nitrogens with two attached hydrogens (primary N) is 1. The van der Waals surface area contributed by atoms with Gasteiger partial charge in [0, 0.05) is 19.2 Å². The van der Waals surface area contributed by atoms with Gasteiger partial charge in [-0.2, -0.15) is 0 Å². The minimum atomic E-state index is -0.0208. The molecule has 0 aliphatic rings. The second kappa shape index (κ2) is 7.52. The molecule has 20 heavy (non-hydrogen) atoms. The maximum absolute atomic E-state index is 6.31. The molecule has 3 nitrogen and oxygen atoms in total. The lowest BCUT2D eigenvalue weighted by atomic mass is 10.0. The van der Waals surface area contributed by atoms with Gasteiger partial charge in [-0.1, -0.05) is 30.3 Å². The maximum atomic E-state index is 6.31. The fraction of sp³-hybridized carbons (Fsp3) is 0.353. The van der Waals surface area contributed by atoms with Gasteiger partial charge in [0.2, 0.25) is 0 Å². The zero-order valence-electron chi connectivity index (χ0n) is 11.7. The summed E-state index contributed by atoms with van der Waals surface area (Å²) in [5.74, 6) is 2.67. The standard InChI is InChI=1S/C17H21N3/c1-2-3-4-8-11-20-14-19-13-17(20)16(18)12-15-9-6-5-7-10-15/h1,5-7,9-10,13-14,16H,3-4,8,11-12,18H2/t16-/m1/s1. The van der Waals surface area contributed by atoms with Crippen LogP contribution in [0.2, 0.25) is 0 Å². The third-order valence-corrected chi connectivity index (χ3v) is 3.39. The summed E-state index contributed by atoms with van der Waals surface area (Å²) < 4.78 is 2.14. The molecule has 2 rings (SSSR count). The summed E-state index contributed by atoms with van der Waals surface area (Å²) in [6.45, 7) is 0.930. The normalized spacial score (nSPS) is 12.0. The van der Waals surface area contributed by atoms with Gasteiger partial charge in [0.05, 0.1) is 18.1 Å². The van der Waals surface area contributed by atoms with E-state index in [1.807, 2.05) is 30.7 Å². The summed E-state index contributed by atoms with van der Waals surface area (Å²) in [4.78, 5) is 4.23. The Morgan fingerprint density at radius 3 is 2.80 bits per heavy atom. The number of aromatic nitrogens is 2. The van der Waals surface area contributed by atoms with Crippen LogP contribution in [0.4, 0.5) is 0 Å². The lowest BCUT2D eigenvalue weighted by Crippen LogP contribution is -2.17. The van der Waals surface area contributed by atoms with Crippen molar-refractivity contribution in [3.63, 3.8) is 0 Å². The number of benzene rings is 1. The van der Waals surface area contributed by atoms with Crippen molar-refractivity contribution in [2.24, 2.45) is 5.73 Å². The van der Waals surface area contributed by atoms with E-state index in [-0.39, 0.29) is 6.04 Å². The van der Waals surface area contributed by atoms with Gasteiger partial charge in [0.15, 0.2) is 0 Å². The topological polar surface area (TPSA) is 43.8 Å². The molecule has 1 atom stereocenters. The van der Waals surface area contributed by atoms with Crippen molar-refractivity contribution in [3.05, 3.63) is 54.1 Å². The van der Waals surface area contributed by atoms with Crippen molar-refractivity contribution in [3.8, 4) is 12.3 Å². The van der Waals surface area contributed by atoms with E-state index >= 15 is 0 Å². The molecule has 0 spiro atoms. The molecule has 0 saturated heterocycles. The van der Waals surface area contributed by atoms with Crippen LogP contribution in [0.25, 0.3) is 0 Å². The Morgan fingerprint density at radius 2 is 2.05 bits per heavy atom. The highest BCUT2D eigenvalue weighted by molar-refractivity contribution is 5.18. The number of unbranched alkanes of at least 4 members (excludes halogenated alkanes) is 2. The van der Waals surface area contributed by atoms with E-state index in [0.717, 1.165) is 37.9 Å². The molecule has 0 bridgehead atoms. The Labute approximate surface area is 120 Å². The summed E-state index contributed by atoms with van der Waals surface area (Å²) in [7, 11) is 0. The van der Waals surface area contributed by atoms with Crippen LogP contribution in [0.1, 0.15) is 36.6 Å². The summed E-state index contributed by atoms with van der Waals surface area (Å²) in [5, 5.41) is 0. The first kappa shape index (κ1) is 14.4. The van der Waals surface area contributed by atoms with E-state index < -0.39 is 0 Å². The number of imidazole rings is 1. The molecular weight excluding hydrogens is 246 g/mol. The van der Waals surface area contributed by atoms with Crippen LogP contribution in [0.5, 0.6) is 0 Å². The molecule has 1 aromatic heterocycles. The number of aryl methyl sites for hydroxylation is 1. The third-order valence-electron chi connectivity index (χ3n) is 3.39. The molecule has 2 aromatic rings. The molecule has 1 heterocycles. The molecule has 0 saturated carbocycles. The van der Waals surface area contributed by atoms with Crippen LogP contribution in [-0.4, -0.2) is 9.55 Å². The highest BCUT2D eigenvalue weighted by Crippen LogP contribution is 2.16. The lowest BCUT2D eigenvalue weighted by molar-refractivity contribution is 0.562. The molecule has 2 N–H and O–H groups in total. The number of hydrogen-bond acceptors (Lipinski definition) is 2. The molecule has 0 fully saturated rings. The first-order valence-corrected chi connectivity index (χ1v) is 7.04. The predicted molar refractivity (Wildman–Crippen MR) is 82.0 cm³/mol. The monoisotopic (exact) mass is 267 g/mol. The van der Waals surface area contributed by atoms with Gasteiger partial charge in [-0.15, -0.1) is 12.3 Å². The molecular formula is C17H21N3. The van der Waals surface area contributed by atoms with Gasteiger partial charge in [0.1, 0.15) is 0 Å². The molecule has 0 radical (unpaired) electrons. The van der Waals surface area contributed by atoms with Gasteiger partial charge < -0.3 is 10.3 Å². The summed E-state index contributed by atoms with van der Waals surface area (Å²) in [6, 6.07) is 10.3. The number of terminal acetylenes is 1. The fourth-order valence-corrected chi connectivity index (χ4v) is 2.31. The molecule has 104 valence electrons. The number of nitrogens with zero attached hydrogens (tertiary/aromatic N) is 2. The van der Waals surface area contributed by atoms with Crippen molar-refractivity contribution in [1.29, 1.82) is 0 Å². The largest absolute Gasteiger partial charge is 0.333 e.